The van der Waals surface area contributed by atoms with Gasteiger partial charge in [0.15, 0.2) is 0 Å². The summed E-state index contributed by atoms with van der Waals surface area (Å²) in [5.74, 6) is 0.877. The third-order valence-corrected chi connectivity index (χ3v) is 4.15. The van der Waals surface area contributed by atoms with Crippen LogP contribution < -0.4 is 10.1 Å². The highest BCUT2D eigenvalue weighted by Crippen LogP contribution is 2.29. The second kappa shape index (κ2) is 7.31. The van der Waals surface area contributed by atoms with Gasteiger partial charge in [0.2, 0.25) is 0 Å². The van der Waals surface area contributed by atoms with Gasteiger partial charge in [0.25, 0.3) is 0 Å². The van der Waals surface area contributed by atoms with E-state index in [1.807, 2.05) is 25.4 Å². The van der Waals surface area contributed by atoms with Crippen LogP contribution in [0.2, 0.25) is 0 Å². The number of hydrogen-bond donors (Lipinski definition) is 1. The molecule has 0 radical (unpaired) electrons. The molecule has 1 heterocycles. The number of methoxy groups -OCH3 is 1. The van der Waals surface area contributed by atoms with Gasteiger partial charge in [0.1, 0.15) is 5.75 Å². The van der Waals surface area contributed by atoms with E-state index in [0.717, 1.165) is 22.8 Å². The Kier molecular flexibility index (Phi) is 5.44. The molecule has 0 aliphatic heterocycles. The van der Waals surface area contributed by atoms with Gasteiger partial charge in [-0.1, -0.05) is 18.7 Å². The Balaban J connectivity index is 2.06. The van der Waals surface area contributed by atoms with Crippen molar-refractivity contribution < 1.29 is 4.74 Å². The van der Waals surface area contributed by atoms with Crippen molar-refractivity contribution in [1.29, 1.82) is 0 Å². The average Bonchev–Trinajstić information content (AvgIpc) is 2.51. The molecule has 106 valence electrons. The van der Waals surface area contributed by atoms with Gasteiger partial charge in [-0.15, -0.1) is 0 Å². The van der Waals surface area contributed by atoms with Crippen molar-refractivity contribution in [2.24, 2.45) is 0 Å². The standard InChI is InChI=1S/C16H20N2OS/c1-4-15(17-2)16-10-9-14(11-18-16)20-13-7-5-12(19-3)6-8-13/h5-11,15,17H,4H2,1-3H3. The van der Waals surface area contributed by atoms with Crippen molar-refractivity contribution in [1.82, 2.24) is 10.3 Å². The summed E-state index contributed by atoms with van der Waals surface area (Å²) in [5.41, 5.74) is 1.09. The van der Waals surface area contributed by atoms with Gasteiger partial charge in [0.05, 0.1) is 12.8 Å². The lowest BCUT2D eigenvalue weighted by Gasteiger charge is -2.13. The zero-order valence-electron chi connectivity index (χ0n) is 12.1. The molecule has 0 saturated carbocycles. The minimum absolute atomic E-state index is 0.329. The van der Waals surface area contributed by atoms with E-state index >= 15 is 0 Å². The summed E-state index contributed by atoms with van der Waals surface area (Å²) in [4.78, 5) is 6.87. The first-order valence-electron chi connectivity index (χ1n) is 6.72. The number of ether oxygens (including phenoxy) is 1. The van der Waals surface area contributed by atoms with Crippen LogP contribution in [-0.2, 0) is 0 Å². The number of nitrogens with zero attached hydrogens (tertiary/aromatic N) is 1. The third-order valence-electron chi connectivity index (χ3n) is 3.17. The van der Waals surface area contributed by atoms with Crippen LogP contribution in [0.4, 0.5) is 0 Å². The predicted molar refractivity (Wildman–Crippen MR) is 83.4 cm³/mol. The van der Waals surface area contributed by atoms with E-state index in [0.29, 0.717) is 6.04 Å². The molecule has 2 aromatic rings. The molecule has 0 saturated heterocycles. The highest BCUT2D eigenvalue weighted by atomic mass is 32.2. The molecule has 1 unspecified atom stereocenters. The fourth-order valence-corrected chi connectivity index (χ4v) is 2.79. The fraction of sp³-hybridized carbons (Fsp3) is 0.312. The Labute approximate surface area is 124 Å². The Bertz CT molecular complexity index is 521. The second-order valence-electron chi connectivity index (χ2n) is 4.45. The summed E-state index contributed by atoms with van der Waals surface area (Å²) < 4.78 is 5.16. The predicted octanol–water partition coefficient (Wildman–Crippen LogP) is 3.91. The summed E-state index contributed by atoms with van der Waals surface area (Å²) in [6.45, 7) is 2.16. The minimum Gasteiger partial charge on any atom is -0.497 e. The molecule has 0 fully saturated rings. The van der Waals surface area contributed by atoms with E-state index in [2.05, 4.69) is 41.5 Å². The molecule has 3 nitrogen and oxygen atoms in total. The van der Waals surface area contributed by atoms with Crippen molar-refractivity contribution in [3.8, 4) is 5.75 Å². The summed E-state index contributed by atoms with van der Waals surface area (Å²) in [6, 6.07) is 12.6. The van der Waals surface area contributed by atoms with Crippen LogP contribution in [0.15, 0.2) is 52.4 Å². The average molecular weight is 288 g/mol. The summed E-state index contributed by atoms with van der Waals surface area (Å²) in [7, 11) is 3.65. The van der Waals surface area contributed by atoms with Gasteiger partial charge in [-0.05, 0) is 49.9 Å². The highest BCUT2D eigenvalue weighted by Gasteiger charge is 2.07. The van der Waals surface area contributed by atoms with Gasteiger partial charge >= 0.3 is 0 Å². The lowest BCUT2D eigenvalue weighted by atomic mass is 10.1. The molecule has 0 amide bonds. The SMILES string of the molecule is CCC(NC)c1ccc(Sc2ccc(OC)cc2)cn1. The molecule has 1 aromatic heterocycles. The largest absolute Gasteiger partial charge is 0.497 e. The van der Waals surface area contributed by atoms with Crippen molar-refractivity contribution in [3.05, 3.63) is 48.3 Å². The molecule has 1 N–H and O–H groups in total. The van der Waals surface area contributed by atoms with Gasteiger partial charge in [0, 0.05) is 22.0 Å². The van der Waals surface area contributed by atoms with Crippen molar-refractivity contribution in [3.63, 3.8) is 0 Å². The van der Waals surface area contributed by atoms with E-state index in [9.17, 15) is 0 Å². The molecular weight excluding hydrogens is 268 g/mol. The monoisotopic (exact) mass is 288 g/mol. The zero-order valence-corrected chi connectivity index (χ0v) is 12.9. The van der Waals surface area contributed by atoms with Crippen LogP contribution in [0.1, 0.15) is 25.1 Å². The van der Waals surface area contributed by atoms with Crippen molar-refractivity contribution in [2.45, 2.75) is 29.2 Å². The molecule has 0 aliphatic rings. The Morgan fingerprint density at radius 3 is 2.35 bits per heavy atom. The molecule has 0 bridgehead atoms. The number of benzene rings is 1. The van der Waals surface area contributed by atoms with E-state index in [1.165, 1.54) is 4.90 Å². The van der Waals surface area contributed by atoms with E-state index < -0.39 is 0 Å². The molecule has 1 atom stereocenters. The van der Waals surface area contributed by atoms with Crippen LogP contribution in [0, 0.1) is 0 Å². The molecular formula is C16H20N2OS. The first-order chi connectivity index (χ1) is 9.76. The zero-order chi connectivity index (χ0) is 14.4. The van der Waals surface area contributed by atoms with E-state index in [4.69, 9.17) is 4.74 Å². The molecule has 2 rings (SSSR count). The number of rotatable bonds is 6. The summed E-state index contributed by atoms with van der Waals surface area (Å²) in [6.07, 6.45) is 2.97. The molecule has 4 heteroatoms. The third kappa shape index (κ3) is 3.74. The molecule has 0 aliphatic carbocycles. The smallest absolute Gasteiger partial charge is 0.118 e. The Morgan fingerprint density at radius 2 is 1.85 bits per heavy atom. The number of aromatic nitrogens is 1. The van der Waals surface area contributed by atoms with E-state index in [1.54, 1.807) is 18.9 Å². The quantitative estimate of drug-likeness (QED) is 0.874. The summed E-state index contributed by atoms with van der Waals surface area (Å²) >= 11 is 1.70. The lowest BCUT2D eigenvalue weighted by Crippen LogP contribution is -2.16. The van der Waals surface area contributed by atoms with Crippen LogP contribution in [0.25, 0.3) is 0 Å². The van der Waals surface area contributed by atoms with Crippen LogP contribution in [0.3, 0.4) is 0 Å². The van der Waals surface area contributed by atoms with Crippen LogP contribution in [0.5, 0.6) is 5.75 Å². The molecule has 1 aromatic carbocycles. The van der Waals surface area contributed by atoms with Crippen LogP contribution in [-0.4, -0.2) is 19.1 Å². The summed E-state index contributed by atoms with van der Waals surface area (Å²) in [5, 5.41) is 3.27. The van der Waals surface area contributed by atoms with Crippen molar-refractivity contribution >= 4 is 11.8 Å². The fourth-order valence-electron chi connectivity index (χ4n) is 2.00. The normalized spacial score (nSPS) is 12.2. The van der Waals surface area contributed by atoms with Crippen molar-refractivity contribution in [2.75, 3.05) is 14.2 Å². The number of hydrogen-bond acceptors (Lipinski definition) is 4. The topological polar surface area (TPSA) is 34.1 Å². The molecule has 20 heavy (non-hydrogen) atoms. The second-order valence-corrected chi connectivity index (χ2v) is 5.59. The van der Waals surface area contributed by atoms with Gasteiger partial charge < -0.3 is 10.1 Å². The minimum atomic E-state index is 0.329. The molecule has 0 spiro atoms. The highest BCUT2D eigenvalue weighted by molar-refractivity contribution is 7.99. The Morgan fingerprint density at radius 1 is 1.15 bits per heavy atom. The maximum atomic E-state index is 5.16. The first kappa shape index (κ1) is 14.9. The number of nitrogens with one attached hydrogen (secondary N) is 1. The van der Waals surface area contributed by atoms with Crippen LogP contribution >= 0.6 is 11.8 Å². The number of pyridine rings is 1. The van der Waals surface area contributed by atoms with Gasteiger partial charge in [-0.3, -0.25) is 4.98 Å². The van der Waals surface area contributed by atoms with Gasteiger partial charge in [-0.2, -0.15) is 0 Å². The Hall–Kier alpha value is -1.52. The first-order valence-corrected chi connectivity index (χ1v) is 7.53. The maximum absolute atomic E-state index is 5.16. The van der Waals surface area contributed by atoms with Gasteiger partial charge in [-0.25, -0.2) is 0 Å². The van der Waals surface area contributed by atoms with E-state index in [-0.39, 0.29) is 0 Å². The maximum Gasteiger partial charge on any atom is 0.118 e. The lowest BCUT2D eigenvalue weighted by molar-refractivity contribution is 0.414.